The lowest BCUT2D eigenvalue weighted by molar-refractivity contribution is -0.145. The molecule has 0 saturated carbocycles. The number of nitrogens with zero attached hydrogens (tertiary/aromatic N) is 1. The second-order valence-corrected chi connectivity index (χ2v) is 7.07. The van der Waals surface area contributed by atoms with Gasteiger partial charge in [-0.1, -0.05) is 0 Å². The van der Waals surface area contributed by atoms with Gasteiger partial charge in [-0.15, -0.1) is 0 Å². The van der Waals surface area contributed by atoms with E-state index in [2.05, 4.69) is 20.9 Å². The van der Waals surface area contributed by atoms with Crippen molar-refractivity contribution < 1.29 is 34.5 Å². The van der Waals surface area contributed by atoms with E-state index < -0.39 is 60.1 Å². The number of aliphatic hydroxyl groups excluding tert-OH is 2. The van der Waals surface area contributed by atoms with E-state index in [1.165, 1.54) is 20.8 Å². The molecule has 6 atom stereocenters. The molecule has 6 unspecified atom stereocenters. The van der Waals surface area contributed by atoms with Crippen LogP contribution in [0.15, 0.2) is 4.99 Å². The maximum absolute atomic E-state index is 12.6. The summed E-state index contributed by atoms with van der Waals surface area (Å²) in [5.41, 5.74) is 16.0. The van der Waals surface area contributed by atoms with Crippen molar-refractivity contribution in [2.75, 3.05) is 6.54 Å². The number of aliphatic imine (C=N–C) groups is 1. The Morgan fingerprint density at radius 3 is 1.94 bits per heavy atom. The quantitative estimate of drug-likeness (QED) is 0.0745. The van der Waals surface area contributed by atoms with Crippen molar-refractivity contribution in [2.24, 2.45) is 22.2 Å². The van der Waals surface area contributed by atoms with Crippen molar-refractivity contribution >= 4 is 29.7 Å². The fourth-order valence-electron chi connectivity index (χ4n) is 2.31. The van der Waals surface area contributed by atoms with Crippen LogP contribution < -0.4 is 33.2 Å². The molecule has 0 heterocycles. The largest absolute Gasteiger partial charge is 0.480 e. The maximum Gasteiger partial charge on any atom is 0.328 e. The monoisotopic (exact) mass is 447 g/mol. The number of carboxylic acids is 1. The van der Waals surface area contributed by atoms with Crippen LogP contribution in [-0.2, 0) is 19.2 Å². The van der Waals surface area contributed by atoms with Gasteiger partial charge in [-0.2, -0.15) is 0 Å². The van der Waals surface area contributed by atoms with Gasteiger partial charge >= 0.3 is 5.97 Å². The highest BCUT2D eigenvalue weighted by molar-refractivity contribution is 5.94. The summed E-state index contributed by atoms with van der Waals surface area (Å²) in [5, 5.41) is 34.8. The molecule has 14 heteroatoms. The summed E-state index contributed by atoms with van der Waals surface area (Å²) >= 11 is 0. The molecule has 0 aliphatic rings. The molecular weight excluding hydrogens is 414 g/mol. The molecule has 0 saturated heterocycles. The molecule has 12 N–H and O–H groups in total. The molecule has 0 aliphatic carbocycles. The number of nitrogens with two attached hydrogens (primary N) is 3. The van der Waals surface area contributed by atoms with Crippen LogP contribution >= 0.6 is 0 Å². The van der Waals surface area contributed by atoms with Crippen LogP contribution in [0.3, 0.4) is 0 Å². The molecule has 0 aromatic carbocycles. The number of nitrogens with one attached hydrogen (secondary N) is 3. The molecule has 178 valence electrons. The fourth-order valence-corrected chi connectivity index (χ4v) is 2.31. The third-order valence-corrected chi connectivity index (χ3v) is 4.20. The molecule has 0 fully saturated rings. The van der Waals surface area contributed by atoms with Crippen molar-refractivity contribution in [2.45, 2.75) is 70.0 Å². The zero-order valence-electron chi connectivity index (χ0n) is 17.7. The van der Waals surface area contributed by atoms with Gasteiger partial charge in [0.15, 0.2) is 12.0 Å². The fraction of sp³-hybridized carbons (Fsp3) is 0.706. The van der Waals surface area contributed by atoms with Crippen molar-refractivity contribution in [1.29, 1.82) is 0 Å². The second kappa shape index (κ2) is 13.4. The van der Waals surface area contributed by atoms with E-state index >= 15 is 0 Å². The molecule has 14 nitrogen and oxygen atoms in total. The molecule has 31 heavy (non-hydrogen) atoms. The minimum Gasteiger partial charge on any atom is -0.480 e. The van der Waals surface area contributed by atoms with Gasteiger partial charge in [-0.05, 0) is 33.6 Å². The molecular formula is C17H33N7O7. The van der Waals surface area contributed by atoms with Crippen LogP contribution in [0.4, 0.5) is 0 Å². The number of hydrogen-bond acceptors (Lipinski definition) is 8. The van der Waals surface area contributed by atoms with Gasteiger partial charge in [0.25, 0.3) is 0 Å². The Kier molecular flexibility index (Phi) is 12.1. The summed E-state index contributed by atoms with van der Waals surface area (Å²) in [6.07, 6.45) is -2.15. The summed E-state index contributed by atoms with van der Waals surface area (Å²) in [6, 6.07) is -5.16. The summed E-state index contributed by atoms with van der Waals surface area (Å²) in [4.78, 5) is 51.8. The minimum absolute atomic E-state index is 0.0840. The van der Waals surface area contributed by atoms with E-state index in [9.17, 15) is 29.4 Å². The predicted octanol–water partition coefficient (Wildman–Crippen LogP) is -4.31. The smallest absolute Gasteiger partial charge is 0.328 e. The second-order valence-electron chi connectivity index (χ2n) is 7.07. The summed E-state index contributed by atoms with van der Waals surface area (Å²) < 4.78 is 0. The summed E-state index contributed by atoms with van der Waals surface area (Å²) in [7, 11) is 0. The van der Waals surface area contributed by atoms with Crippen LogP contribution in [0, 0.1) is 0 Å². The van der Waals surface area contributed by atoms with Crippen molar-refractivity contribution in [3.8, 4) is 0 Å². The normalized spacial score (nSPS) is 16.6. The molecule has 0 aromatic heterocycles. The highest BCUT2D eigenvalue weighted by Crippen LogP contribution is 2.02. The maximum atomic E-state index is 12.6. The Hall–Kier alpha value is -2.97. The Morgan fingerprint density at radius 2 is 1.48 bits per heavy atom. The van der Waals surface area contributed by atoms with E-state index in [-0.39, 0.29) is 18.9 Å². The van der Waals surface area contributed by atoms with E-state index in [1.807, 2.05) is 0 Å². The van der Waals surface area contributed by atoms with Gasteiger partial charge in [0.2, 0.25) is 17.7 Å². The predicted molar refractivity (Wildman–Crippen MR) is 110 cm³/mol. The van der Waals surface area contributed by atoms with Crippen LogP contribution in [0.1, 0.15) is 33.6 Å². The molecule has 0 bridgehead atoms. The number of guanidine groups is 1. The number of carboxylic acid groups (broad SMARTS) is 1. The summed E-state index contributed by atoms with van der Waals surface area (Å²) in [5.74, 6) is -3.97. The number of hydrogen-bond donors (Lipinski definition) is 9. The number of amides is 3. The van der Waals surface area contributed by atoms with Crippen LogP contribution in [0.5, 0.6) is 0 Å². The van der Waals surface area contributed by atoms with Gasteiger partial charge in [0.05, 0.1) is 12.2 Å². The first kappa shape index (κ1) is 28.0. The average Bonchev–Trinajstić information content (AvgIpc) is 2.66. The lowest BCUT2D eigenvalue weighted by Gasteiger charge is -2.24. The Bertz CT molecular complexity index is 665. The zero-order valence-corrected chi connectivity index (χ0v) is 17.7. The lowest BCUT2D eigenvalue weighted by atomic mass is 10.1. The van der Waals surface area contributed by atoms with Crippen LogP contribution in [0.2, 0.25) is 0 Å². The third kappa shape index (κ3) is 10.6. The van der Waals surface area contributed by atoms with Crippen molar-refractivity contribution in [3.63, 3.8) is 0 Å². The lowest BCUT2D eigenvalue weighted by Crippen LogP contribution is -2.58. The molecule has 0 aliphatic heterocycles. The van der Waals surface area contributed by atoms with Crippen molar-refractivity contribution in [3.05, 3.63) is 0 Å². The third-order valence-electron chi connectivity index (χ3n) is 4.20. The van der Waals surface area contributed by atoms with Crippen LogP contribution in [-0.4, -0.2) is 87.9 Å². The highest BCUT2D eigenvalue weighted by atomic mass is 16.4. The zero-order chi connectivity index (χ0) is 24.3. The van der Waals surface area contributed by atoms with Crippen molar-refractivity contribution in [1.82, 2.24) is 16.0 Å². The van der Waals surface area contributed by atoms with E-state index in [0.29, 0.717) is 6.42 Å². The van der Waals surface area contributed by atoms with Gasteiger partial charge in [-0.25, -0.2) is 4.79 Å². The Labute approximate surface area is 179 Å². The molecule has 3 amide bonds. The van der Waals surface area contributed by atoms with Gasteiger partial charge in [0.1, 0.15) is 18.1 Å². The number of carbonyl (C=O) groups is 4. The van der Waals surface area contributed by atoms with Crippen LogP contribution in [0.25, 0.3) is 0 Å². The topological polar surface area (TPSA) is 255 Å². The first-order valence-corrected chi connectivity index (χ1v) is 9.58. The Morgan fingerprint density at radius 1 is 0.903 bits per heavy atom. The van der Waals surface area contributed by atoms with E-state index in [4.69, 9.17) is 22.3 Å². The first-order valence-electron chi connectivity index (χ1n) is 9.58. The number of aliphatic hydroxyl groups is 2. The molecule has 0 radical (unpaired) electrons. The number of carbonyl (C=O) groups excluding carboxylic acids is 3. The number of aliphatic carboxylic acids is 1. The minimum atomic E-state index is -1.56. The SMILES string of the molecule is CC(NC(=O)C(CCCN=C(N)N)NC(=O)C(N)C(C)O)C(=O)NC(C(=O)O)C(C)O. The van der Waals surface area contributed by atoms with Gasteiger partial charge in [-0.3, -0.25) is 19.4 Å². The molecule has 0 spiro atoms. The summed E-state index contributed by atoms with van der Waals surface area (Å²) in [6.45, 7) is 3.98. The average molecular weight is 447 g/mol. The van der Waals surface area contributed by atoms with E-state index in [0.717, 1.165) is 0 Å². The first-order chi connectivity index (χ1) is 14.3. The molecule has 0 aromatic rings. The highest BCUT2D eigenvalue weighted by Gasteiger charge is 2.30. The van der Waals surface area contributed by atoms with Gasteiger partial charge < -0.3 is 48.5 Å². The Balaban J connectivity index is 5.17. The molecule has 0 rings (SSSR count). The number of rotatable bonds is 13. The standard InChI is InChI=1S/C17H33N7O7/c1-7(13(27)24-12(9(3)26)16(30)31)22-14(28)10(5-4-6-21-17(19)20)23-15(29)11(18)8(2)25/h7-12,25-26H,4-6,18H2,1-3H3,(H,22,28)(H,23,29)(H,24,27)(H,30,31)(H4,19,20,21). The van der Waals surface area contributed by atoms with Gasteiger partial charge in [0, 0.05) is 6.54 Å². The van der Waals surface area contributed by atoms with E-state index in [1.54, 1.807) is 0 Å².